The maximum absolute atomic E-state index is 12.4. The number of nitrogens with one attached hydrogen (secondary N) is 1. The molecule has 1 saturated heterocycles. The molecule has 0 aliphatic carbocycles. The number of piperazine rings is 1. The molecule has 1 aromatic carbocycles. The second-order valence-corrected chi connectivity index (χ2v) is 7.66. The van der Waals surface area contributed by atoms with Crippen molar-refractivity contribution in [3.05, 3.63) is 52.2 Å². The third-order valence-electron chi connectivity index (χ3n) is 4.99. The molecule has 0 unspecified atom stereocenters. The fraction of sp³-hybridized carbons (Fsp3) is 0.364. The minimum absolute atomic E-state index is 0.101. The number of carbonyl (C=O) groups is 2. The lowest BCUT2D eigenvalue weighted by Gasteiger charge is -2.34. The molecule has 2 heterocycles. The van der Waals surface area contributed by atoms with E-state index in [-0.39, 0.29) is 11.8 Å². The summed E-state index contributed by atoms with van der Waals surface area (Å²) in [6, 6.07) is 7.35. The lowest BCUT2D eigenvalue weighted by molar-refractivity contribution is -0.116. The Morgan fingerprint density at radius 1 is 1.10 bits per heavy atom. The molecule has 160 valence electrons. The first-order chi connectivity index (χ1) is 14.6. The van der Waals surface area contributed by atoms with Crippen molar-refractivity contribution in [2.75, 3.05) is 53.5 Å². The first-order valence-electron chi connectivity index (χ1n) is 9.82. The van der Waals surface area contributed by atoms with Gasteiger partial charge >= 0.3 is 0 Å². The molecular formula is C22H27N3O4S. The minimum atomic E-state index is -0.143. The van der Waals surface area contributed by atoms with Crippen molar-refractivity contribution in [3.63, 3.8) is 0 Å². The Morgan fingerprint density at radius 2 is 1.87 bits per heavy atom. The van der Waals surface area contributed by atoms with Crippen molar-refractivity contribution in [2.45, 2.75) is 0 Å². The first kappa shape index (κ1) is 21.9. The van der Waals surface area contributed by atoms with E-state index >= 15 is 0 Å². The summed E-state index contributed by atoms with van der Waals surface area (Å²) in [5.41, 5.74) is 1.62. The van der Waals surface area contributed by atoms with E-state index in [9.17, 15) is 9.59 Å². The van der Waals surface area contributed by atoms with Crippen LogP contribution in [-0.2, 0) is 4.79 Å². The highest BCUT2D eigenvalue weighted by atomic mass is 32.1. The molecule has 0 radical (unpaired) electrons. The summed E-state index contributed by atoms with van der Waals surface area (Å²) in [6.07, 6.45) is 3.25. The van der Waals surface area contributed by atoms with E-state index in [1.807, 2.05) is 33.9 Å². The Bertz CT molecular complexity index is 875. The highest BCUT2D eigenvalue weighted by Crippen LogP contribution is 2.27. The number of carbonyl (C=O) groups excluding carboxylic acids is 2. The predicted octanol–water partition coefficient (Wildman–Crippen LogP) is 2.35. The van der Waals surface area contributed by atoms with E-state index in [0.29, 0.717) is 31.1 Å². The first-order valence-corrected chi connectivity index (χ1v) is 10.8. The fourth-order valence-corrected chi connectivity index (χ4v) is 3.90. The molecule has 3 rings (SSSR count). The maximum Gasteiger partial charge on any atom is 0.254 e. The van der Waals surface area contributed by atoms with Gasteiger partial charge in [-0.05, 0) is 35.2 Å². The fourth-order valence-electron chi connectivity index (χ4n) is 3.27. The molecule has 7 nitrogen and oxygen atoms in total. The summed E-state index contributed by atoms with van der Waals surface area (Å²) in [7, 11) is 3.16. The van der Waals surface area contributed by atoms with Crippen LogP contribution in [0.15, 0.2) is 41.1 Å². The summed E-state index contributed by atoms with van der Waals surface area (Å²) in [5.74, 6) is 1.23. The zero-order valence-electron chi connectivity index (χ0n) is 17.3. The quantitative estimate of drug-likeness (QED) is 0.653. The van der Waals surface area contributed by atoms with Gasteiger partial charge in [-0.1, -0.05) is 6.07 Å². The number of hydrogen-bond donors (Lipinski definition) is 1. The third-order valence-corrected chi connectivity index (χ3v) is 5.67. The normalized spacial score (nSPS) is 14.7. The number of ether oxygens (including phenoxy) is 2. The molecule has 30 heavy (non-hydrogen) atoms. The Labute approximate surface area is 180 Å². The van der Waals surface area contributed by atoms with Crippen LogP contribution in [0.25, 0.3) is 6.08 Å². The van der Waals surface area contributed by atoms with E-state index in [0.717, 1.165) is 30.8 Å². The van der Waals surface area contributed by atoms with Crippen molar-refractivity contribution in [1.82, 2.24) is 15.1 Å². The van der Waals surface area contributed by atoms with Crippen LogP contribution < -0.4 is 14.8 Å². The highest BCUT2D eigenvalue weighted by molar-refractivity contribution is 7.08. The van der Waals surface area contributed by atoms with Crippen molar-refractivity contribution >= 4 is 29.2 Å². The average molecular weight is 430 g/mol. The largest absolute Gasteiger partial charge is 0.493 e. The van der Waals surface area contributed by atoms with Gasteiger partial charge in [0.25, 0.3) is 5.91 Å². The van der Waals surface area contributed by atoms with Crippen LogP contribution in [0.3, 0.4) is 0 Å². The second kappa shape index (κ2) is 10.8. The van der Waals surface area contributed by atoms with Crippen LogP contribution >= 0.6 is 11.3 Å². The van der Waals surface area contributed by atoms with Crippen molar-refractivity contribution in [3.8, 4) is 11.5 Å². The van der Waals surface area contributed by atoms with Gasteiger partial charge in [0.2, 0.25) is 5.91 Å². The molecule has 1 N–H and O–H groups in total. The van der Waals surface area contributed by atoms with Crippen LogP contribution in [0.5, 0.6) is 11.5 Å². The molecule has 0 bridgehead atoms. The summed E-state index contributed by atoms with van der Waals surface area (Å²) in [5, 5.41) is 6.72. The molecule has 1 aromatic heterocycles. The predicted molar refractivity (Wildman–Crippen MR) is 118 cm³/mol. The lowest BCUT2D eigenvalue weighted by atomic mass is 10.2. The van der Waals surface area contributed by atoms with Gasteiger partial charge in [0, 0.05) is 50.7 Å². The van der Waals surface area contributed by atoms with Crippen molar-refractivity contribution < 1.29 is 19.1 Å². The van der Waals surface area contributed by atoms with Crippen LogP contribution in [0.2, 0.25) is 0 Å². The maximum atomic E-state index is 12.4. The molecule has 1 aliphatic rings. The van der Waals surface area contributed by atoms with Gasteiger partial charge in [0.15, 0.2) is 11.5 Å². The molecule has 0 atom stereocenters. The van der Waals surface area contributed by atoms with Gasteiger partial charge in [-0.3, -0.25) is 14.5 Å². The van der Waals surface area contributed by atoms with Gasteiger partial charge in [-0.15, -0.1) is 0 Å². The Kier molecular flexibility index (Phi) is 7.87. The summed E-state index contributed by atoms with van der Waals surface area (Å²) in [4.78, 5) is 28.6. The minimum Gasteiger partial charge on any atom is -0.493 e. The number of rotatable bonds is 8. The van der Waals surface area contributed by atoms with E-state index in [4.69, 9.17) is 9.47 Å². The Hall–Kier alpha value is -2.84. The van der Waals surface area contributed by atoms with Crippen molar-refractivity contribution in [1.29, 1.82) is 0 Å². The number of hydrogen-bond acceptors (Lipinski definition) is 6. The number of amides is 2. The SMILES string of the molecule is COc1ccc(/C=C/C(=O)NCCN2CCN(C(=O)c3ccsc3)CC2)cc1OC. The topological polar surface area (TPSA) is 71.1 Å². The number of nitrogens with zero attached hydrogens (tertiary/aromatic N) is 2. The Balaban J connectivity index is 1.38. The summed E-state index contributed by atoms with van der Waals surface area (Å²) in [6.45, 7) is 4.37. The molecular weight excluding hydrogens is 402 g/mol. The highest BCUT2D eigenvalue weighted by Gasteiger charge is 2.22. The zero-order chi connectivity index (χ0) is 21.3. The van der Waals surface area contributed by atoms with E-state index in [2.05, 4.69) is 10.2 Å². The second-order valence-electron chi connectivity index (χ2n) is 6.88. The summed E-state index contributed by atoms with van der Waals surface area (Å²) < 4.78 is 10.5. The van der Waals surface area contributed by atoms with Crippen LogP contribution in [-0.4, -0.2) is 75.1 Å². The van der Waals surface area contributed by atoms with Gasteiger partial charge in [-0.25, -0.2) is 0 Å². The van der Waals surface area contributed by atoms with Crippen LogP contribution in [0, 0.1) is 0 Å². The van der Waals surface area contributed by atoms with Gasteiger partial charge < -0.3 is 19.7 Å². The van der Waals surface area contributed by atoms with Crippen LogP contribution in [0.4, 0.5) is 0 Å². The van der Waals surface area contributed by atoms with E-state index in [1.165, 1.54) is 17.4 Å². The lowest BCUT2D eigenvalue weighted by Crippen LogP contribution is -2.50. The van der Waals surface area contributed by atoms with Gasteiger partial charge in [-0.2, -0.15) is 11.3 Å². The van der Waals surface area contributed by atoms with Crippen molar-refractivity contribution in [2.24, 2.45) is 0 Å². The number of methoxy groups -OCH3 is 2. The molecule has 1 aliphatic heterocycles. The molecule has 2 amide bonds. The third kappa shape index (κ3) is 5.84. The standard InChI is InChI=1S/C22H27N3O4S/c1-28-19-5-3-17(15-20(19)29-2)4-6-21(26)23-8-9-24-10-12-25(13-11-24)22(27)18-7-14-30-16-18/h3-7,14-16H,8-13H2,1-2H3,(H,23,26)/b6-4+. The zero-order valence-corrected chi connectivity index (χ0v) is 18.1. The molecule has 2 aromatic rings. The molecule has 0 spiro atoms. The van der Waals surface area contributed by atoms with Gasteiger partial charge in [0.05, 0.1) is 19.8 Å². The van der Waals surface area contributed by atoms with Crippen LogP contribution in [0.1, 0.15) is 15.9 Å². The number of benzene rings is 1. The smallest absolute Gasteiger partial charge is 0.254 e. The summed E-state index contributed by atoms with van der Waals surface area (Å²) >= 11 is 1.54. The Morgan fingerprint density at radius 3 is 2.53 bits per heavy atom. The monoisotopic (exact) mass is 429 g/mol. The number of thiophene rings is 1. The van der Waals surface area contributed by atoms with E-state index < -0.39 is 0 Å². The molecule has 0 saturated carbocycles. The van der Waals surface area contributed by atoms with E-state index in [1.54, 1.807) is 26.4 Å². The molecule has 1 fully saturated rings. The molecule has 8 heteroatoms. The average Bonchev–Trinajstić information content (AvgIpc) is 3.32. The van der Waals surface area contributed by atoms with Gasteiger partial charge in [0.1, 0.15) is 0 Å².